The lowest BCUT2D eigenvalue weighted by molar-refractivity contribution is -0.191. The second-order valence-corrected chi connectivity index (χ2v) is 9.08. The van der Waals surface area contributed by atoms with Gasteiger partial charge in [0.2, 0.25) is 0 Å². The number of ether oxygens (including phenoxy) is 1. The number of hydrogen-bond acceptors (Lipinski definition) is 6. The summed E-state index contributed by atoms with van der Waals surface area (Å²) in [6.07, 6.45) is 2.55. The second-order valence-electron chi connectivity index (χ2n) is 9.08. The molecule has 168 valence electrons. The van der Waals surface area contributed by atoms with E-state index in [0.717, 1.165) is 25.5 Å². The number of nitrogens with one attached hydrogen (secondary N) is 1. The lowest BCUT2D eigenvalue weighted by atomic mass is 9.78. The van der Waals surface area contributed by atoms with Gasteiger partial charge in [-0.2, -0.15) is 5.48 Å². The zero-order valence-corrected chi connectivity index (χ0v) is 19.5. The van der Waals surface area contributed by atoms with Gasteiger partial charge in [0.25, 0.3) is 0 Å². The smallest absolute Gasteiger partial charge is 0.155 e. The predicted octanol–water partition coefficient (Wildman–Crippen LogP) is 3.69. The fraction of sp³-hybridized carbons (Fsp3) is 0.955. The van der Waals surface area contributed by atoms with Crippen molar-refractivity contribution >= 4 is 6.29 Å². The Morgan fingerprint density at radius 3 is 2.04 bits per heavy atom. The largest absolute Gasteiger partial charge is 0.386 e. The minimum Gasteiger partial charge on any atom is -0.386 e. The Hall–Kier alpha value is -0.530. The minimum absolute atomic E-state index is 0.00824. The Balaban J connectivity index is 4.80. The number of carbonyl (C=O) groups is 1. The number of aliphatic hydroxyl groups is 2. The van der Waals surface area contributed by atoms with Crippen LogP contribution in [-0.2, 0) is 14.4 Å². The third-order valence-electron chi connectivity index (χ3n) is 6.65. The van der Waals surface area contributed by atoms with Gasteiger partial charge >= 0.3 is 0 Å². The van der Waals surface area contributed by atoms with Crippen LogP contribution >= 0.6 is 0 Å². The van der Waals surface area contributed by atoms with E-state index < -0.39 is 17.4 Å². The van der Waals surface area contributed by atoms with Gasteiger partial charge in [-0.05, 0) is 44.9 Å². The van der Waals surface area contributed by atoms with Gasteiger partial charge in [0.1, 0.15) is 11.9 Å². The van der Waals surface area contributed by atoms with E-state index in [1.54, 1.807) is 14.0 Å². The standard InChI is InChI=1S/C22H45NO5/c1-10-19(11-2)22(8,26)20(25)23-28-17(5)13-21(7,27-9)12-15(3)18(6)16(4)14-24/h14-20,23,25-26H,10-13H2,1-9H3/t15-,16?,17-,18+,20?,21+,22-/m1/s1. The summed E-state index contributed by atoms with van der Waals surface area (Å²) >= 11 is 0. The molecule has 7 atom stereocenters. The van der Waals surface area contributed by atoms with Crippen LogP contribution in [0.5, 0.6) is 0 Å². The summed E-state index contributed by atoms with van der Waals surface area (Å²) < 4.78 is 5.78. The number of aldehydes is 1. The van der Waals surface area contributed by atoms with Crippen LogP contribution in [0.3, 0.4) is 0 Å². The van der Waals surface area contributed by atoms with Crippen molar-refractivity contribution in [3.05, 3.63) is 0 Å². The maximum atomic E-state index is 11.1. The fourth-order valence-corrected chi connectivity index (χ4v) is 4.05. The zero-order chi connectivity index (χ0) is 22.1. The molecule has 0 aliphatic carbocycles. The minimum atomic E-state index is -1.28. The van der Waals surface area contributed by atoms with E-state index in [-0.39, 0.29) is 23.9 Å². The Bertz CT molecular complexity index is 441. The van der Waals surface area contributed by atoms with E-state index in [0.29, 0.717) is 12.3 Å². The number of methoxy groups -OCH3 is 1. The van der Waals surface area contributed by atoms with E-state index in [1.807, 2.05) is 34.6 Å². The highest BCUT2D eigenvalue weighted by atomic mass is 16.7. The molecular weight excluding hydrogens is 358 g/mol. The quantitative estimate of drug-likeness (QED) is 0.220. The molecule has 0 fully saturated rings. The molecule has 3 N–H and O–H groups in total. The van der Waals surface area contributed by atoms with Crippen molar-refractivity contribution in [3.63, 3.8) is 0 Å². The van der Waals surface area contributed by atoms with E-state index >= 15 is 0 Å². The van der Waals surface area contributed by atoms with Gasteiger partial charge in [-0.15, -0.1) is 0 Å². The van der Waals surface area contributed by atoms with Crippen molar-refractivity contribution in [2.24, 2.45) is 23.7 Å². The van der Waals surface area contributed by atoms with Gasteiger partial charge in [0, 0.05) is 19.4 Å². The number of rotatable bonds is 15. The van der Waals surface area contributed by atoms with Crippen molar-refractivity contribution in [3.8, 4) is 0 Å². The van der Waals surface area contributed by atoms with E-state index in [2.05, 4.69) is 19.3 Å². The molecule has 0 bridgehead atoms. The maximum absolute atomic E-state index is 11.1. The molecule has 0 spiro atoms. The van der Waals surface area contributed by atoms with Crippen molar-refractivity contribution in [1.29, 1.82) is 0 Å². The normalized spacial score (nSPS) is 22.0. The monoisotopic (exact) mass is 403 g/mol. The molecule has 0 saturated heterocycles. The molecule has 0 amide bonds. The molecule has 2 unspecified atom stereocenters. The molecule has 0 radical (unpaired) electrons. The SMILES string of the molecule is CCC(CC)[C@@](C)(O)C(O)NO[C@H](C)C[C@](C)(C[C@@H](C)[C@H](C)C(C)C=O)OC. The molecule has 0 rings (SSSR count). The lowest BCUT2D eigenvalue weighted by Crippen LogP contribution is -2.54. The number of hydroxylamine groups is 1. The fourth-order valence-electron chi connectivity index (χ4n) is 4.05. The summed E-state index contributed by atoms with van der Waals surface area (Å²) in [6.45, 7) is 15.8. The van der Waals surface area contributed by atoms with E-state index in [4.69, 9.17) is 9.57 Å². The van der Waals surface area contributed by atoms with Crippen LogP contribution < -0.4 is 5.48 Å². The highest BCUT2D eigenvalue weighted by Crippen LogP contribution is 2.32. The molecule has 0 aliphatic heterocycles. The summed E-state index contributed by atoms with van der Waals surface area (Å²) in [5.74, 6) is 0.555. The van der Waals surface area contributed by atoms with Gasteiger partial charge in [0.15, 0.2) is 6.23 Å². The summed E-state index contributed by atoms with van der Waals surface area (Å²) in [5, 5.41) is 21.0. The van der Waals surface area contributed by atoms with Crippen LogP contribution in [0.4, 0.5) is 0 Å². The van der Waals surface area contributed by atoms with Crippen molar-refractivity contribution in [2.45, 2.75) is 105 Å². The average Bonchev–Trinajstić information content (AvgIpc) is 2.65. The second kappa shape index (κ2) is 12.2. The summed E-state index contributed by atoms with van der Waals surface area (Å²) in [5.41, 5.74) is 0.934. The van der Waals surface area contributed by atoms with Gasteiger partial charge in [-0.1, -0.05) is 47.5 Å². The van der Waals surface area contributed by atoms with Gasteiger partial charge < -0.3 is 19.7 Å². The number of hydrogen-bond donors (Lipinski definition) is 3. The molecule has 0 aromatic carbocycles. The molecular formula is C22H45NO5. The van der Waals surface area contributed by atoms with Crippen LogP contribution in [0.25, 0.3) is 0 Å². The number of aliphatic hydroxyl groups excluding tert-OH is 1. The van der Waals surface area contributed by atoms with Gasteiger partial charge in [-0.3, -0.25) is 4.84 Å². The molecule has 0 aromatic rings. The Morgan fingerprint density at radius 2 is 1.61 bits per heavy atom. The lowest BCUT2D eigenvalue weighted by Gasteiger charge is -2.38. The summed E-state index contributed by atoms with van der Waals surface area (Å²) in [6, 6.07) is 0. The Labute approximate surface area is 172 Å². The van der Waals surface area contributed by atoms with Crippen molar-refractivity contribution in [1.82, 2.24) is 5.48 Å². The third-order valence-corrected chi connectivity index (χ3v) is 6.65. The zero-order valence-electron chi connectivity index (χ0n) is 19.5. The first kappa shape index (κ1) is 27.5. The van der Waals surface area contributed by atoms with Crippen LogP contribution in [-0.4, -0.2) is 47.1 Å². The molecule has 6 nitrogen and oxygen atoms in total. The highest BCUT2D eigenvalue weighted by Gasteiger charge is 2.38. The van der Waals surface area contributed by atoms with E-state index in [9.17, 15) is 15.0 Å². The van der Waals surface area contributed by atoms with Crippen molar-refractivity contribution < 1.29 is 24.6 Å². The van der Waals surface area contributed by atoms with E-state index in [1.165, 1.54) is 0 Å². The van der Waals surface area contributed by atoms with Crippen LogP contribution in [0.2, 0.25) is 0 Å². The number of carbonyl (C=O) groups excluding carboxylic acids is 1. The van der Waals surface area contributed by atoms with Crippen LogP contribution in [0, 0.1) is 23.7 Å². The van der Waals surface area contributed by atoms with Gasteiger partial charge in [0.05, 0.1) is 11.7 Å². The van der Waals surface area contributed by atoms with Crippen LogP contribution in [0.15, 0.2) is 0 Å². The summed E-state index contributed by atoms with van der Waals surface area (Å²) in [4.78, 5) is 16.7. The third kappa shape index (κ3) is 8.07. The molecule has 28 heavy (non-hydrogen) atoms. The predicted molar refractivity (Wildman–Crippen MR) is 113 cm³/mol. The molecule has 0 aliphatic rings. The summed E-state index contributed by atoms with van der Waals surface area (Å²) in [7, 11) is 1.69. The molecule has 0 heterocycles. The average molecular weight is 404 g/mol. The highest BCUT2D eigenvalue weighted by molar-refractivity contribution is 5.53. The van der Waals surface area contributed by atoms with Gasteiger partial charge in [-0.25, -0.2) is 0 Å². The first-order chi connectivity index (χ1) is 12.9. The maximum Gasteiger partial charge on any atom is 0.155 e. The van der Waals surface area contributed by atoms with Crippen molar-refractivity contribution in [2.75, 3.05) is 7.11 Å². The first-order valence-corrected chi connectivity index (χ1v) is 10.7. The molecule has 0 saturated carbocycles. The first-order valence-electron chi connectivity index (χ1n) is 10.7. The molecule has 6 heteroatoms. The molecule has 0 aromatic heterocycles. The topological polar surface area (TPSA) is 88.0 Å². The van der Waals surface area contributed by atoms with Crippen LogP contribution in [0.1, 0.15) is 81.1 Å². The Morgan fingerprint density at radius 1 is 1.07 bits per heavy atom. The Kier molecular flexibility index (Phi) is 12.0.